The van der Waals surface area contributed by atoms with Gasteiger partial charge in [0.2, 0.25) is 17.7 Å². The summed E-state index contributed by atoms with van der Waals surface area (Å²) in [6, 6.07) is 15.1. The lowest BCUT2D eigenvalue weighted by Gasteiger charge is -2.38. The molecule has 4 aliphatic heterocycles. The number of amides is 6. The van der Waals surface area contributed by atoms with E-state index in [1.165, 1.54) is 6.07 Å². The topological polar surface area (TPSA) is 212 Å². The van der Waals surface area contributed by atoms with Crippen molar-refractivity contribution in [2.45, 2.75) is 37.8 Å². The van der Waals surface area contributed by atoms with Crippen molar-refractivity contribution in [1.29, 1.82) is 0 Å². The molecule has 278 valence electrons. The van der Waals surface area contributed by atoms with Crippen LogP contribution in [0.15, 0.2) is 54.6 Å². The second-order valence-corrected chi connectivity index (χ2v) is 13.8. The van der Waals surface area contributed by atoms with Crippen LogP contribution in [0.4, 0.5) is 17.1 Å². The number of nitrogens with one attached hydrogen (secondary N) is 4. The van der Waals surface area contributed by atoms with Crippen molar-refractivity contribution in [1.82, 2.24) is 25.3 Å². The standard InChI is InChI=1S/C38H39N9O7/c39-35(50)24-8-9-27(32(33(24)41-21-12-18-54-19-13-21)34-22-4-1-2-6-25(22)43-44-34)45-14-16-46(17-15-45)30(49)20-40-26-7-3-5-23-31(26)38(53)47(37(23)52)28-10-11-29(48)42-36(28)51/h1-9,21,28,40-41H,10-20H2,(H2,39,50)(H,43,44)(H,42,48,51). The zero-order chi connectivity index (χ0) is 37.5. The van der Waals surface area contributed by atoms with Gasteiger partial charge in [0.1, 0.15) is 11.7 Å². The Labute approximate surface area is 309 Å². The van der Waals surface area contributed by atoms with E-state index in [1.807, 2.05) is 30.3 Å². The Bertz CT molecular complexity index is 2200. The van der Waals surface area contributed by atoms with Gasteiger partial charge in [-0.15, -0.1) is 0 Å². The fourth-order valence-electron chi connectivity index (χ4n) is 7.79. The van der Waals surface area contributed by atoms with E-state index in [0.717, 1.165) is 39.9 Å². The van der Waals surface area contributed by atoms with Crippen molar-refractivity contribution in [3.8, 4) is 11.3 Å². The van der Waals surface area contributed by atoms with Crippen LogP contribution in [0.5, 0.6) is 0 Å². The van der Waals surface area contributed by atoms with Crippen LogP contribution in [0.3, 0.4) is 0 Å². The lowest BCUT2D eigenvalue weighted by molar-refractivity contribution is -0.136. The van der Waals surface area contributed by atoms with Crippen LogP contribution in [-0.4, -0.2) is 113 Å². The number of nitrogens with zero attached hydrogens (tertiary/aromatic N) is 4. The highest BCUT2D eigenvalue weighted by Crippen LogP contribution is 2.43. The monoisotopic (exact) mass is 733 g/mol. The van der Waals surface area contributed by atoms with Gasteiger partial charge >= 0.3 is 0 Å². The number of H-pyrrole nitrogens is 1. The highest BCUT2D eigenvalue weighted by molar-refractivity contribution is 6.25. The molecule has 3 saturated heterocycles. The fraction of sp³-hybridized carbons (Fsp3) is 0.342. The number of benzene rings is 3. The minimum Gasteiger partial charge on any atom is -0.381 e. The largest absolute Gasteiger partial charge is 0.381 e. The molecule has 4 aliphatic rings. The summed E-state index contributed by atoms with van der Waals surface area (Å²) in [6.07, 6.45) is 1.61. The number of aromatic nitrogens is 2. The Morgan fingerprint density at radius 2 is 1.67 bits per heavy atom. The first kappa shape index (κ1) is 34.8. The molecule has 0 bridgehead atoms. The molecular weight excluding hydrogens is 694 g/mol. The number of carbonyl (C=O) groups is 6. The van der Waals surface area contributed by atoms with Crippen molar-refractivity contribution in [3.63, 3.8) is 0 Å². The van der Waals surface area contributed by atoms with Crippen LogP contribution < -0.4 is 26.6 Å². The van der Waals surface area contributed by atoms with Gasteiger partial charge in [-0.05, 0) is 49.6 Å². The third-order valence-electron chi connectivity index (χ3n) is 10.6. The maximum atomic E-state index is 13.6. The van der Waals surface area contributed by atoms with E-state index in [-0.39, 0.29) is 42.5 Å². The molecule has 6 N–H and O–H groups in total. The average molecular weight is 734 g/mol. The van der Waals surface area contributed by atoms with Crippen LogP contribution in [0.25, 0.3) is 22.2 Å². The number of rotatable bonds is 9. The number of hydrogen-bond donors (Lipinski definition) is 5. The molecule has 16 nitrogen and oxygen atoms in total. The first-order chi connectivity index (χ1) is 26.2. The van der Waals surface area contributed by atoms with Crippen molar-refractivity contribution >= 4 is 63.4 Å². The summed E-state index contributed by atoms with van der Waals surface area (Å²) in [5, 5.41) is 17.6. The first-order valence-electron chi connectivity index (χ1n) is 18.1. The van der Waals surface area contributed by atoms with Gasteiger partial charge in [-0.25, -0.2) is 0 Å². The summed E-state index contributed by atoms with van der Waals surface area (Å²) in [5.74, 6) is -3.16. The van der Waals surface area contributed by atoms with Crippen molar-refractivity contribution in [3.05, 3.63) is 71.3 Å². The molecule has 0 saturated carbocycles. The van der Waals surface area contributed by atoms with Gasteiger partial charge in [0.05, 0.1) is 40.0 Å². The number of piperazine rings is 1. The molecule has 0 spiro atoms. The number of imide groups is 2. The van der Waals surface area contributed by atoms with E-state index in [4.69, 9.17) is 15.6 Å². The van der Waals surface area contributed by atoms with E-state index in [0.29, 0.717) is 62.0 Å². The SMILES string of the molecule is NC(=O)c1ccc(N2CCN(C(=O)CNc3cccc4c3C(=O)N(C3CCC(=O)NC3=O)C4=O)CC2)c(-c2n[nH]c3ccccc23)c1NC1CCOCC1. The van der Waals surface area contributed by atoms with Gasteiger partial charge in [0, 0.05) is 68.6 Å². The Hall–Kier alpha value is -6.29. The van der Waals surface area contributed by atoms with E-state index >= 15 is 0 Å². The minimum atomic E-state index is -1.09. The Balaban J connectivity index is 1.00. The molecular formula is C38H39N9O7. The third kappa shape index (κ3) is 6.27. The molecule has 1 unspecified atom stereocenters. The van der Waals surface area contributed by atoms with Gasteiger partial charge in [-0.3, -0.25) is 44.1 Å². The van der Waals surface area contributed by atoms with Crippen molar-refractivity contribution in [2.24, 2.45) is 5.73 Å². The van der Waals surface area contributed by atoms with E-state index in [2.05, 4.69) is 25.9 Å². The zero-order valence-corrected chi connectivity index (χ0v) is 29.4. The van der Waals surface area contributed by atoms with Gasteiger partial charge in [-0.2, -0.15) is 5.10 Å². The second-order valence-electron chi connectivity index (χ2n) is 13.8. The molecule has 3 aromatic carbocycles. The predicted molar refractivity (Wildman–Crippen MR) is 198 cm³/mol. The molecule has 6 amide bonds. The fourth-order valence-corrected chi connectivity index (χ4v) is 7.79. The van der Waals surface area contributed by atoms with Crippen molar-refractivity contribution < 1.29 is 33.5 Å². The summed E-state index contributed by atoms with van der Waals surface area (Å²) in [6.45, 7) is 2.86. The van der Waals surface area contributed by atoms with E-state index < -0.39 is 35.6 Å². The van der Waals surface area contributed by atoms with Crippen molar-refractivity contribution in [2.75, 3.05) is 61.5 Å². The number of para-hydroxylation sites is 1. The summed E-state index contributed by atoms with van der Waals surface area (Å²) < 4.78 is 5.58. The van der Waals surface area contributed by atoms with Crippen LogP contribution in [-0.2, 0) is 19.1 Å². The predicted octanol–water partition coefficient (Wildman–Crippen LogP) is 2.08. The van der Waals surface area contributed by atoms with E-state index in [1.54, 1.807) is 23.1 Å². The Morgan fingerprint density at radius 1 is 0.889 bits per heavy atom. The maximum absolute atomic E-state index is 13.6. The Morgan fingerprint density at radius 3 is 2.43 bits per heavy atom. The number of nitrogens with two attached hydrogens (primary N) is 1. The zero-order valence-electron chi connectivity index (χ0n) is 29.4. The Kier molecular flexibility index (Phi) is 9.19. The van der Waals surface area contributed by atoms with Crippen LogP contribution >= 0.6 is 0 Å². The summed E-state index contributed by atoms with van der Waals surface area (Å²) in [4.78, 5) is 82.1. The molecule has 4 aromatic rings. The number of fused-ring (bicyclic) bond motifs is 2. The molecule has 54 heavy (non-hydrogen) atoms. The minimum absolute atomic E-state index is 0.0188. The highest BCUT2D eigenvalue weighted by atomic mass is 16.5. The molecule has 0 radical (unpaired) electrons. The van der Waals surface area contributed by atoms with Crippen LogP contribution in [0, 0.1) is 0 Å². The molecule has 0 aliphatic carbocycles. The molecule has 5 heterocycles. The molecule has 8 rings (SSSR count). The number of ether oxygens (including phenoxy) is 1. The second kappa shape index (κ2) is 14.3. The average Bonchev–Trinajstić information content (AvgIpc) is 3.72. The van der Waals surface area contributed by atoms with Crippen LogP contribution in [0.2, 0.25) is 0 Å². The quantitative estimate of drug-likeness (QED) is 0.157. The highest BCUT2D eigenvalue weighted by Gasteiger charge is 2.45. The number of primary amides is 1. The third-order valence-corrected chi connectivity index (χ3v) is 10.6. The van der Waals surface area contributed by atoms with Gasteiger partial charge < -0.3 is 30.9 Å². The lowest BCUT2D eigenvalue weighted by atomic mass is 9.96. The van der Waals surface area contributed by atoms with Gasteiger partial charge in [0.25, 0.3) is 17.7 Å². The number of anilines is 3. The number of hydrogen-bond acceptors (Lipinski definition) is 11. The van der Waals surface area contributed by atoms with Gasteiger partial charge in [0.15, 0.2) is 0 Å². The molecule has 1 atom stereocenters. The number of piperidine rings is 1. The van der Waals surface area contributed by atoms with Gasteiger partial charge in [-0.1, -0.05) is 24.3 Å². The molecule has 1 aromatic heterocycles. The lowest BCUT2D eigenvalue weighted by Crippen LogP contribution is -2.54. The normalized spacial score (nSPS) is 19.3. The number of carbonyl (C=O) groups excluding carboxylic acids is 6. The molecule has 3 fully saturated rings. The smallest absolute Gasteiger partial charge is 0.264 e. The summed E-state index contributed by atoms with van der Waals surface area (Å²) in [7, 11) is 0. The van der Waals surface area contributed by atoms with E-state index in [9.17, 15) is 28.8 Å². The number of aromatic amines is 1. The molecule has 16 heteroatoms. The van der Waals surface area contributed by atoms with Crippen LogP contribution in [0.1, 0.15) is 56.8 Å². The summed E-state index contributed by atoms with van der Waals surface area (Å²) >= 11 is 0. The summed E-state index contributed by atoms with van der Waals surface area (Å²) in [5.41, 5.74) is 10.6. The maximum Gasteiger partial charge on any atom is 0.264 e. The first-order valence-corrected chi connectivity index (χ1v) is 18.1.